The van der Waals surface area contributed by atoms with Crippen LogP contribution in [0.5, 0.6) is 0 Å². The van der Waals surface area contributed by atoms with Gasteiger partial charge < -0.3 is 5.73 Å². The number of carbonyl (C=O) groups is 1. The Morgan fingerprint density at radius 1 is 1.54 bits per heavy atom. The molecule has 0 saturated heterocycles. The minimum absolute atomic E-state index is 0.246. The third-order valence-electron chi connectivity index (χ3n) is 1.48. The Balaban J connectivity index is 2.39. The number of amides is 1. The summed E-state index contributed by atoms with van der Waals surface area (Å²) >= 11 is 1.46. The van der Waals surface area contributed by atoms with Gasteiger partial charge in [0, 0.05) is 17.8 Å². The summed E-state index contributed by atoms with van der Waals surface area (Å²) in [6.07, 6.45) is 4.75. The Bertz CT molecular complexity index is 419. The summed E-state index contributed by atoms with van der Waals surface area (Å²) in [7, 11) is 0. The molecule has 66 valence electrons. The van der Waals surface area contributed by atoms with Crippen LogP contribution in [-0.4, -0.2) is 20.4 Å². The molecule has 5 nitrogen and oxygen atoms in total. The molecule has 0 unspecified atom stereocenters. The Morgan fingerprint density at radius 3 is 2.92 bits per heavy atom. The molecular weight excluding hydrogens is 188 g/mol. The number of hydrogen-bond donors (Lipinski definition) is 1. The van der Waals surface area contributed by atoms with Crippen LogP contribution in [0.2, 0.25) is 0 Å². The molecule has 0 fully saturated rings. The summed E-state index contributed by atoms with van der Waals surface area (Å²) in [5.41, 5.74) is 5.29. The zero-order chi connectivity index (χ0) is 9.26. The highest BCUT2D eigenvalue weighted by Crippen LogP contribution is 2.10. The van der Waals surface area contributed by atoms with Crippen LogP contribution in [0.15, 0.2) is 24.1 Å². The molecule has 0 spiro atoms. The Labute approximate surface area is 77.9 Å². The van der Waals surface area contributed by atoms with E-state index in [1.54, 1.807) is 17.0 Å². The highest BCUT2D eigenvalue weighted by atomic mass is 32.1. The van der Waals surface area contributed by atoms with Crippen molar-refractivity contribution in [2.75, 3.05) is 0 Å². The van der Waals surface area contributed by atoms with E-state index in [2.05, 4.69) is 9.97 Å². The summed E-state index contributed by atoms with van der Waals surface area (Å²) in [5.74, 6) is -0.532. The van der Waals surface area contributed by atoms with Gasteiger partial charge in [-0.05, 0) is 0 Å². The van der Waals surface area contributed by atoms with Gasteiger partial charge in [0.2, 0.25) is 0 Å². The van der Waals surface area contributed by atoms with Crippen molar-refractivity contribution < 1.29 is 4.79 Å². The van der Waals surface area contributed by atoms with Gasteiger partial charge in [0.1, 0.15) is 12.0 Å². The van der Waals surface area contributed by atoms with Crippen molar-refractivity contribution in [1.82, 2.24) is 14.5 Å². The Kier molecular flexibility index (Phi) is 1.82. The predicted molar refractivity (Wildman–Crippen MR) is 47.8 cm³/mol. The van der Waals surface area contributed by atoms with Crippen LogP contribution in [-0.2, 0) is 0 Å². The number of aromatic nitrogens is 3. The van der Waals surface area contributed by atoms with E-state index in [9.17, 15) is 4.79 Å². The van der Waals surface area contributed by atoms with Gasteiger partial charge >= 0.3 is 0 Å². The first-order chi connectivity index (χ1) is 6.27. The van der Waals surface area contributed by atoms with E-state index in [-0.39, 0.29) is 5.69 Å². The van der Waals surface area contributed by atoms with Crippen LogP contribution in [0, 0.1) is 0 Å². The lowest BCUT2D eigenvalue weighted by molar-refractivity contribution is 0.0996. The van der Waals surface area contributed by atoms with Crippen LogP contribution in [0.25, 0.3) is 5.13 Å². The minimum atomic E-state index is -0.532. The van der Waals surface area contributed by atoms with E-state index in [4.69, 9.17) is 5.73 Å². The lowest BCUT2D eigenvalue weighted by Crippen LogP contribution is -2.10. The summed E-state index contributed by atoms with van der Waals surface area (Å²) in [5, 5.41) is 2.61. The van der Waals surface area contributed by atoms with Crippen molar-refractivity contribution in [3.05, 3.63) is 29.8 Å². The number of rotatable bonds is 2. The van der Waals surface area contributed by atoms with Crippen LogP contribution >= 0.6 is 11.3 Å². The van der Waals surface area contributed by atoms with E-state index in [0.29, 0.717) is 0 Å². The van der Waals surface area contributed by atoms with Gasteiger partial charge in [0.15, 0.2) is 5.13 Å². The normalized spacial score (nSPS) is 10.2. The van der Waals surface area contributed by atoms with Crippen LogP contribution in [0.4, 0.5) is 0 Å². The summed E-state index contributed by atoms with van der Waals surface area (Å²) < 4.78 is 1.66. The monoisotopic (exact) mass is 194 g/mol. The summed E-state index contributed by atoms with van der Waals surface area (Å²) in [6, 6.07) is 0. The van der Waals surface area contributed by atoms with Crippen molar-refractivity contribution in [2.45, 2.75) is 0 Å². The Hall–Kier alpha value is -1.69. The Morgan fingerprint density at radius 2 is 2.38 bits per heavy atom. The fourth-order valence-corrected chi connectivity index (χ4v) is 1.48. The van der Waals surface area contributed by atoms with E-state index >= 15 is 0 Å². The SMILES string of the molecule is NC(=O)c1cn(-c2nccs2)cn1. The maximum Gasteiger partial charge on any atom is 0.268 e. The van der Waals surface area contributed by atoms with Crippen LogP contribution in [0.1, 0.15) is 10.5 Å². The maximum absolute atomic E-state index is 10.7. The molecule has 0 aliphatic heterocycles. The largest absolute Gasteiger partial charge is 0.364 e. The number of primary amides is 1. The maximum atomic E-state index is 10.7. The van der Waals surface area contributed by atoms with E-state index in [1.807, 2.05) is 5.38 Å². The quantitative estimate of drug-likeness (QED) is 0.753. The molecule has 2 heterocycles. The zero-order valence-corrected chi connectivity index (χ0v) is 7.36. The van der Waals surface area contributed by atoms with E-state index < -0.39 is 5.91 Å². The third-order valence-corrected chi connectivity index (χ3v) is 2.26. The second-order valence-electron chi connectivity index (χ2n) is 2.35. The number of nitrogens with zero attached hydrogens (tertiary/aromatic N) is 3. The smallest absolute Gasteiger partial charge is 0.268 e. The van der Waals surface area contributed by atoms with Gasteiger partial charge in [-0.15, -0.1) is 11.3 Å². The molecule has 2 aromatic rings. The molecular formula is C7H6N4OS. The number of nitrogens with two attached hydrogens (primary N) is 1. The molecule has 2 N–H and O–H groups in total. The number of hydrogen-bond acceptors (Lipinski definition) is 4. The van der Waals surface area contributed by atoms with Crippen molar-refractivity contribution in [3.63, 3.8) is 0 Å². The fourth-order valence-electron chi connectivity index (χ4n) is 0.898. The molecule has 0 atom stereocenters. The van der Waals surface area contributed by atoms with Crippen molar-refractivity contribution in [3.8, 4) is 5.13 Å². The standard InChI is InChI=1S/C7H6N4OS/c8-6(12)5-3-11(4-10-5)7-9-1-2-13-7/h1-4H,(H2,8,12). The second kappa shape index (κ2) is 2.98. The topological polar surface area (TPSA) is 73.8 Å². The van der Waals surface area contributed by atoms with Gasteiger partial charge in [-0.25, -0.2) is 9.97 Å². The number of carbonyl (C=O) groups excluding carboxylic acids is 1. The molecule has 1 amide bonds. The minimum Gasteiger partial charge on any atom is -0.364 e. The molecule has 0 saturated carbocycles. The zero-order valence-electron chi connectivity index (χ0n) is 6.54. The van der Waals surface area contributed by atoms with Gasteiger partial charge in [-0.3, -0.25) is 9.36 Å². The molecule has 0 radical (unpaired) electrons. The predicted octanol–water partition coefficient (Wildman–Crippen LogP) is 0.428. The molecule has 0 aromatic carbocycles. The first-order valence-electron chi connectivity index (χ1n) is 3.51. The molecule has 0 bridgehead atoms. The van der Waals surface area contributed by atoms with Gasteiger partial charge in [-0.2, -0.15) is 0 Å². The lowest BCUT2D eigenvalue weighted by Gasteiger charge is -1.91. The van der Waals surface area contributed by atoms with Crippen molar-refractivity contribution >= 4 is 17.2 Å². The summed E-state index contributed by atoms with van der Waals surface area (Å²) in [4.78, 5) is 18.6. The van der Waals surface area contributed by atoms with E-state index in [0.717, 1.165) is 5.13 Å². The van der Waals surface area contributed by atoms with E-state index in [1.165, 1.54) is 17.7 Å². The molecule has 2 rings (SSSR count). The lowest BCUT2D eigenvalue weighted by atomic mass is 10.5. The highest BCUT2D eigenvalue weighted by molar-refractivity contribution is 7.12. The fraction of sp³-hybridized carbons (Fsp3) is 0. The highest BCUT2D eigenvalue weighted by Gasteiger charge is 2.06. The van der Waals surface area contributed by atoms with Gasteiger partial charge in [-0.1, -0.05) is 0 Å². The average molecular weight is 194 g/mol. The molecule has 13 heavy (non-hydrogen) atoms. The van der Waals surface area contributed by atoms with Gasteiger partial charge in [0.25, 0.3) is 5.91 Å². The van der Waals surface area contributed by atoms with Crippen LogP contribution in [0.3, 0.4) is 0 Å². The molecule has 6 heteroatoms. The summed E-state index contributed by atoms with van der Waals surface area (Å²) in [6.45, 7) is 0. The number of imidazole rings is 1. The average Bonchev–Trinajstić information content (AvgIpc) is 2.75. The second-order valence-corrected chi connectivity index (χ2v) is 3.22. The first kappa shape index (κ1) is 7.93. The molecule has 2 aromatic heterocycles. The molecule has 0 aliphatic carbocycles. The molecule has 0 aliphatic rings. The number of thiazole rings is 1. The third kappa shape index (κ3) is 1.43. The van der Waals surface area contributed by atoms with Crippen molar-refractivity contribution in [2.24, 2.45) is 5.73 Å². The van der Waals surface area contributed by atoms with Gasteiger partial charge in [0.05, 0.1) is 0 Å². The van der Waals surface area contributed by atoms with Crippen molar-refractivity contribution in [1.29, 1.82) is 0 Å². The van der Waals surface area contributed by atoms with Crippen LogP contribution < -0.4 is 5.73 Å². The first-order valence-corrected chi connectivity index (χ1v) is 4.39.